The number of thioether (sulfide) groups is 1. The van der Waals surface area contributed by atoms with E-state index < -0.39 is 9.84 Å². The topological polar surface area (TPSA) is 57.7 Å². The number of amides is 1. The van der Waals surface area contributed by atoms with Crippen LogP contribution in [0.4, 0.5) is 0 Å². The van der Waals surface area contributed by atoms with Gasteiger partial charge in [-0.1, -0.05) is 0 Å². The van der Waals surface area contributed by atoms with Crippen molar-refractivity contribution in [2.24, 2.45) is 0 Å². The molecule has 19 heavy (non-hydrogen) atoms. The minimum Gasteiger partial charge on any atom is -0.341 e. The second-order valence-electron chi connectivity index (χ2n) is 5.21. The number of hydrogen-bond donors (Lipinski definition) is 0. The number of sulfone groups is 1. The maximum absolute atomic E-state index is 12.4. The number of rotatable bonds is 5. The third kappa shape index (κ3) is 5.31. The van der Waals surface area contributed by atoms with Crippen molar-refractivity contribution in [3.05, 3.63) is 0 Å². The average Bonchev–Trinajstić information content (AvgIpc) is 2.35. The molecule has 5 nitrogen and oxygen atoms in total. The van der Waals surface area contributed by atoms with Gasteiger partial charge in [0.15, 0.2) is 0 Å². The van der Waals surface area contributed by atoms with Gasteiger partial charge >= 0.3 is 0 Å². The first-order valence-electron chi connectivity index (χ1n) is 6.48. The third-order valence-corrected chi connectivity index (χ3v) is 5.53. The van der Waals surface area contributed by atoms with Crippen molar-refractivity contribution in [2.45, 2.75) is 25.9 Å². The first kappa shape index (κ1) is 16.8. The predicted octanol–water partition coefficient (Wildman–Crippen LogP) is 0.315. The van der Waals surface area contributed by atoms with Crippen molar-refractivity contribution in [3.63, 3.8) is 0 Å². The minimum absolute atomic E-state index is 0.00282. The lowest BCUT2D eigenvalue weighted by atomic mass is 10.2. The van der Waals surface area contributed by atoms with Crippen molar-refractivity contribution in [3.8, 4) is 0 Å². The summed E-state index contributed by atoms with van der Waals surface area (Å²) in [6, 6.07) is -0.461. The molecule has 112 valence electrons. The largest absolute Gasteiger partial charge is 0.341 e. The van der Waals surface area contributed by atoms with E-state index in [9.17, 15) is 13.2 Å². The number of carbonyl (C=O) groups excluding carboxylic acids is 1. The summed E-state index contributed by atoms with van der Waals surface area (Å²) in [4.78, 5) is 16.1. The van der Waals surface area contributed by atoms with Crippen LogP contribution in [0.25, 0.3) is 0 Å². The Morgan fingerprint density at radius 3 is 2.32 bits per heavy atom. The summed E-state index contributed by atoms with van der Waals surface area (Å²) in [6.07, 6.45) is 1.20. The maximum atomic E-state index is 12.4. The Labute approximate surface area is 120 Å². The molecule has 0 radical (unpaired) electrons. The summed E-state index contributed by atoms with van der Waals surface area (Å²) >= 11 is 1.90. The van der Waals surface area contributed by atoms with Crippen molar-refractivity contribution < 1.29 is 13.2 Å². The number of likely N-dealkylation sites (N-methyl/N-ethyl adjacent to an activating group) is 1. The van der Waals surface area contributed by atoms with E-state index in [1.54, 1.807) is 18.9 Å². The Balaban J connectivity index is 2.59. The van der Waals surface area contributed by atoms with E-state index in [4.69, 9.17) is 0 Å². The van der Waals surface area contributed by atoms with Crippen LogP contribution in [0.1, 0.15) is 13.8 Å². The summed E-state index contributed by atoms with van der Waals surface area (Å²) in [7, 11) is -1.38. The Morgan fingerprint density at radius 1 is 1.32 bits per heavy atom. The summed E-state index contributed by atoms with van der Waals surface area (Å²) in [6.45, 7) is 5.53. The van der Waals surface area contributed by atoms with Gasteiger partial charge in [-0.25, -0.2) is 8.42 Å². The van der Waals surface area contributed by atoms with Crippen LogP contribution in [0.3, 0.4) is 0 Å². The van der Waals surface area contributed by atoms with Gasteiger partial charge in [0.2, 0.25) is 5.91 Å². The van der Waals surface area contributed by atoms with E-state index in [0.717, 1.165) is 24.6 Å². The van der Waals surface area contributed by atoms with Gasteiger partial charge in [-0.2, -0.15) is 11.8 Å². The normalized spacial score (nSPS) is 20.8. The van der Waals surface area contributed by atoms with Crippen LogP contribution in [0.15, 0.2) is 0 Å². The van der Waals surface area contributed by atoms with Crippen LogP contribution in [0.2, 0.25) is 0 Å². The van der Waals surface area contributed by atoms with Gasteiger partial charge in [0.25, 0.3) is 0 Å². The molecule has 0 saturated carbocycles. The zero-order valence-corrected chi connectivity index (χ0v) is 13.8. The Bertz CT molecular complexity index is 405. The maximum Gasteiger partial charge on any atom is 0.239 e. The molecule has 1 amide bonds. The molecule has 1 heterocycles. The van der Waals surface area contributed by atoms with E-state index in [-0.39, 0.29) is 23.7 Å². The van der Waals surface area contributed by atoms with E-state index in [1.165, 1.54) is 6.26 Å². The van der Waals surface area contributed by atoms with Crippen molar-refractivity contribution in [2.75, 3.05) is 43.7 Å². The molecule has 0 N–H and O–H groups in total. The van der Waals surface area contributed by atoms with Gasteiger partial charge < -0.3 is 4.90 Å². The second-order valence-corrected chi connectivity index (χ2v) is 8.62. The van der Waals surface area contributed by atoms with Crippen molar-refractivity contribution >= 4 is 27.5 Å². The van der Waals surface area contributed by atoms with Gasteiger partial charge in [-0.05, 0) is 13.8 Å². The first-order chi connectivity index (χ1) is 8.72. The van der Waals surface area contributed by atoms with Gasteiger partial charge in [0.1, 0.15) is 9.84 Å². The van der Waals surface area contributed by atoms with Gasteiger partial charge in [0.05, 0.1) is 11.8 Å². The van der Waals surface area contributed by atoms with E-state index in [2.05, 4.69) is 4.90 Å². The first-order valence-corrected chi connectivity index (χ1v) is 9.70. The zero-order chi connectivity index (χ0) is 14.6. The van der Waals surface area contributed by atoms with E-state index >= 15 is 0 Å². The Kier molecular flexibility index (Phi) is 6.14. The van der Waals surface area contributed by atoms with Crippen LogP contribution < -0.4 is 0 Å². The highest BCUT2D eigenvalue weighted by Crippen LogP contribution is 2.14. The van der Waals surface area contributed by atoms with E-state index in [1.807, 2.05) is 18.7 Å². The lowest BCUT2D eigenvalue weighted by Crippen LogP contribution is -2.51. The zero-order valence-electron chi connectivity index (χ0n) is 12.1. The van der Waals surface area contributed by atoms with Gasteiger partial charge in [0, 0.05) is 43.9 Å². The highest BCUT2D eigenvalue weighted by atomic mass is 32.2. The average molecular weight is 308 g/mol. The monoisotopic (exact) mass is 308 g/mol. The van der Waals surface area contributed by atoms with Gasteiger partial charge in [-0.3, -0.25) is 9.69 Å². The van der Waals surface area contributed by atoms with Crippen LogP contribution >= 0.6 is 11.8 Å². The van der Waals surface area contributed by atoms with Crippen LogP contribution in [0.5, 0.6) is 0 Å². The molecule has 0 aliphatic carbocycles. The molecule has 1 rings (SSSR count). The molecule has 0 aromatic carbocycles. The highest BCUT2D eigenvalue weighted by molar-refractivity contribution is 7.99. The van der Waals surface area contributed by atoms with E-state index in [0.29, 0.717) is 0 Å². The summed E-state index contributed by atoms with van der Waals surface area (Å²) in [5.41, 5.74) is 0. The molecule has 2 atom stereocenters. The number of hydrogen-bond acceptors (Lipinski definition) is 5. The molecular formula is C12H24N2O3S2. The van der Waals surface area contributed by atoms with Crippen LogP contribution in [0, 0.1) is 0 Å². The molecule has 7 heteroatoms. The highest BCUT2D eigenvalue weighted by Gasteiger charge is 2.28. The number of nitrogens with zero attached hydrogens (tertiary/aromatic N) is 2. The second kappa shape index (κ2) is 6.95. The molecule has 0 spiro atoms. The van der Waals surface area contributed by atoms with Crippen molar-refractivity contribution in [1.82, 2.24) is 9.80 Å². The molecule has 1 saturated heterocycles. The standard InChI is InChI=1S/C12H24N2O3S2/c1-10(9-19(4,16)17)13(3)12(15)11(2)14-5-7-18-8-6-14/h10-11H,5-9H2,1-4H3/t10-,11-/m1/s1. The lowest BCUT2D eigenvalue weighted by molar-refractivity contribution is -0.136. The SMILES string of the molecule is C[C@H](C(=O)N(C)[C@H](C)CS(C)(=O)=O)N1CCSCC1. The summed E-state index contributed by atoms with van der Waals surface area (Å²) in [5.74, 6) is 2.13. The Morgan fingerprint density at radius 2 is 1.84 bits per heavy atom. The molecule has 1 aliphatic heterocycles. The lowest BCUT2D eigenvalue weighted by Gasteiger charge is -2.35. The fourth-order valence-corrected chi connectivity index (χ4v) is 4.21. The van der Waals surface area contributed by atoms with Gasteiger partial charge in [-0.15, -0.1) is 0 Å². The quantitative estimate of drug-likeness (QED) is 0.732. The fraction of sp³-hybridized carbons (Fsp3) is 0.917. The third-order valence-electron chi connectivity index (χ3n) is 3.50. The Hall–Kier alpha value is -0.270. The molecule has 0 unspecified atom stereocenters. The summed E-state index contributed by atoms with van der Waals surface area (Å²) in [5, 5.41) is 0. The predicted molar refractivity (Wildman–Crippen MR) is 80.3 cm³/mol. The molecule has 0 aromatic heterocycles. The minimum atomic E-state index is -3.06. The molecule has 1 fully saturated rings. The smallest absolute Gasteiger partial charge is 0.239 e. The summed E-state index contributed by atoms with van der Waals surface area (Å²) < 4.78 is 22.6. The molecule has 1 aliphatic rings. The molecular weight excluding hydrogens is 284 g/mol. The molecule has 0 aromatic rings. The fourth-order valence-electron chi connectivity index (χ4n) is 2.18. The molecule has 0 bridgehead atoms. The van der Waals surface area contributed by atoms with Crippen LogP contribution in [-0.2, 0) is 14.6 Å². The number of carbonyl (C=O) groups is 1. The van der Waals surface area contributed by atoms with Crippen molar-refractivity contribution in [1.29, 1.82) is 0 Å². The van der Waals surface area contributed by atoms with Crippen LogP contribution in [-0.4, -0.2) is 79.9 Å².